The fourth-order valence-corrected chi connectivity index (χ4v) is 10.1. The van der Waals surface area contributed by atoms with Crippen molar-refractivity contribution in [3.63, 3.8) is 0 Å². The molecule has 4 aliphatic carbocycles. The summed E-state index contributed by atoms with van der Waals surface area (Å²) < 4.78 is 10.8. The normalized spacial score (nSPS) is 38.6. The molecule has 6 heteroatoms. The van der Waals surface area contributed by atoms with E-state index in [2.05, 4.69) is 20.8 Å². The summed E-state index contributed by atoms with van der Waals surface area (Å²) in [5.41, 5.74) is 0.705. The summed E-state index contributed by atoms with van der Waals surface area (Å²) >= 11 is 0. The Kier molecular flexibility index (Phi) is 8.99. The van der Waals surface area contributed by atoms with Gasteiger partial charge in [0.1, 0.15) is 6.10 Å². The first-order valence-electron chi connectivity index (χ1n) is 16.1. The summed E-state index contributed by atoms with van der Waals surface area (Å²) in [6.45, 7) is 7.06. The van der Waals surface area contributed by atoms with E-state index in [1.165, 1.54) is 20.0 Å². The molecule has 4 fully saturated rings. The Morgan fingerprint density at radius 2 is 1.68 bits per heavy atom. The third-order valence-corrected chi connectivity index (χ3v) is 12.5. The van der Waals surface area contributed by atoms with E-state index in [0.29, 0.717) is 47.5 Å². The molecule has 0 bridgehead atoms. The Hall–Kier alpha value is -2.21. The first-order chi connectivity index (χ1) is 19.6. The van der Waals surface area contributed by atoms with Crippen LogP contribution in [0.2, 0.25) is 0 Å². The number of hydrogen-bond donors (Lipinski definition) is 1. The van der Waals surface area contributed by atoms with Gasteiger partial charge in [-0.25, -0.2) is 0 Å². The highest BCUT2D eigenvalue weighted by atomic mass is 16.5. The van der Waals surface area contributed by atoms with Gasteiger partial charge in [0.2, 0.25) is 0 Å². The van der Waals surface area contributed by atoms with Crippen LogP contribution in [0.25, 0.3) is 0 Å². The Morgan fingerprint density at radius 3 is 2.41 bits per heavy atom. The van der Waals surface area contributed by atoms with Crippen molar-refractivity contribution in [2.24, 2.45) is 46.3 Å². The second-order valence-corrected chi connectivity index (χ2v) is 14.2. The van der Waals surface area contributed by atoms with Gasteiger partial charge < -0.3 is 14.6 Å². The van der Waals surface area contributed by atoms with Crippen molar-refractivity contribution >= 4 is 17.7 Å². The molecule has 4 aliphatic rings. The number of carbonyl (C=O) groups is 3. The summed E-state index contributed by atoms with van der Waals surface area (Å²) in [6, 6.07) is 9.13. The van der Waals surface area contributed by atoms with Gasteiger partial charge in [-0.1, -0.05) is 51.1 Å². The van der Waals surface area contributed by atoms with Crippen LogP contribution in [0, 0.1) is 46.3 Å². The number of hydrogen-bond acceptors (Lipinski definition) is 6. The molecule has 0 heterocycles. The van der Waals surface area contributed by atoms with Crippen molar-refractivity contribution in [2.45, 2.75) is 110 Å². The summed E-state index contributed by atoms with van der Waals surface area (Å²) in [5.74, 6) is 2.54. The zero-order valence-electron chi connectivity index (χ0n) is 25.5. The number of fused-ring (bicyclic) bond motifs is 5. The zero-order chi connectivity index (χ0) is 29.4. The minimum absolute atomic E-state index is 0.0213. The number of aliphatic hydroxyl groups excluding tert-OH is 1. The molecule has 0 aliphatic heterocycles. The maximum Gasteiger partial charge on any atom is 0.306 e. The number of aliphatic hydroxyl groups is 1. The van der Waals surface area contributed by atoms with E-state index in [-0.39, 0.29) is 53.6 Å². The van der Waals surface area contributed by atoms with Crippen molar-refractivity contribution in [1.29, 1.82) is 0 Å². The monoisotopic (exact) mass is 566 g/mol. The summed E-state index contributed by atoms with van der Waals surface area (Å²) in [6.07, 6.45) is 9.46. The topological polar surface area (TPSA) is 89.9 Å². The van der Waals surface area contributed by atoms with Crippen LogP contribution in [0.4, 0.5) is 0 Å². The fraction of sp³-hybridized carbons (Fsp3) is 0.743. The minimum atomic E-state index is -0.324. The lowest BCUT2D eigenvalue weighted by Crippen LogP contribution is -2.59. The second kappa shape index (κ2) is 12.2. The Bertz CT molecular complexity index is 1100. The number of esters is 2. The van der Waals surface area contributed by atoms with Gasteiger partial charge in [0.05, 0.1) is 19.6 Å². The van der Waals surface area contributed by atoms with Crippen molar-refractivity contribution in [2.75, 3.05) is 7.11 Å². The highest BCUT2D eigenvalue weighted by Crippen LogP contribution is 2.68. The van der Waals surface area contributed by atoms with Crippen LogP contribution in [-0.2, 0) is 19.1 Å². The van der Waals surface area contributed by atoms with E-state index >= 15 is 0 Å². The van der Waals surface area contributed by atoms with Gasteiger partial charge in [-0.05, 0) is 104 Å². The quantitative estimate of drug-likeness (QED) is 0.262. The molecule has 1 aromatic carbocycles. The lowest BCUT2D eigenvalue weighted by atomic mass is 9.43. The number of ketones is 1. The molecule has 5 rings (SSSR count). The summed E-state index contributed by atoms with van der Waals surface area (Å²) in [5, 5.41) is 11.8. The SMILES string of the molecule is COC(=O)CC[C@@H](C)[C@H]1CC[C@H]2[C@@H]3CC[C@@H]4C[C@H](OC(=O)CCC(=O)c5ccccc5)CC[C@]4(C)[C@H]3C[C@H](O)[C@]12C. The van der Waals surface area contributed by atoms with Gasteiger partial charge in [-0.3, -0.25) is 14.4 Å². The van der Waals surface area contributed by atoms with Gasteiger partial charge >= 0.3 is 11.9 Å². The van der Waals surface area contributed by atoms with Gasteiger partial charge in [-0.15, -0.1) is 0 Å². The van der Waals surface area contributed by atoms with Crippen LogP contribution >= 0.6 is 0 Å². The maximum absolute atomic E-state index is 12.7. The second-order valence-electron chi connectivity index (χ2n) is 14.2. The van der Waals surface area contributed by atoms with E-state index in [9.17, 15) is 19.5 Å². The Balaban J connectivity index is 1.18. The Morgan fingerprint density at radius 1 is 0.927 bits per heavy atom. The van der Waals surface area contributed by atoms with Crippen LogP contribution in [0.1, 0.15) is 108 Å². The predicted molar refractivity (Wildman–Crippen MR) is 157 cm³/mol. The average Bonchev–Trinajstić information content (AvgIpc) is 3.34. The molecule has 0 aromatic heterocycles. The number of ether oxygens (including phenoxy) is 2. The van der Waals surface area contributed by atoms with Crippen LogP contribution in [0.3, 0.4) is 0 Å². The molecule has 0 spiro atoms. The van der Waals surface area contributed by atoms with E-state index in [1.807, 2.05) is 18.2 Å². The lowest BCUT2D eigenvalue weighted by molar-refractivity contribution is -0.181. The third-order valence-electron chi connectivity index (χ3n) is 12.5. The number of carbonyl (C=O) groups excluding carboxylic acids is 3. The predicted octanol–water partition coefficient (Wildman–Crippen LogP) is 6.78. The number of Topliss-reactive ketones (excluding diaryl/α,β-unsaturated/α-hetero) is 1. The van der Waals surface area contributed by atoms with Crippen molar-refractivity contribution < 1.29 is 29.0 Å². The molecular formula is C35H50O6. The smallest absolute Gasteiger partial charge is 0.306 e. The van der Waals surface area contributed by atoms with E-state index in [0.717, 1.165) is 44.9 Å². The van der Waals surface area contributed by atoms with E-state index in [1.54, 1.807) is 12.1 Å². The molecule has 0 saturated heterocycles. The van der Waals surface area contributed by atoms with E-state index < -0.39 is 0 Å². The molecular weight excluding hydrogens is 516 g/mol. The molecule has 10 atom stereocenters. The van der Waals surface area contributed by atoms with Crippen molar-refractivity contribution in [1.82, 2.24) is 0 Å². The molecule has 4 saturated carbocycles. The third kappa shape index (κ3) is 5.75. The summed E-state index contributed by atoms with van der Waals surface area (Å²) in [7, 11) is 1.45. The molecule has 226 valence electrons. The standard InChI is InChI=1S/C35H50O6/c1-22(10-16-32(38)40-4)27-13-14-28-26-12-11-24-20-25(18-19-34(24,2)29(26)21-31(37)35(27,28)3)41-33(39)17-15-30(36)23-8-6-5-7-9-23/h5-9,22,24-29,31,37H,10-21H2,1-4H3/t22-,24-,25-,26+,27-,28+,29+,31+,34+,35-/m1/s1. The van der Waals surface area contributed by atoms with Gasteiger partial charge in [0, 0.05) is 18.4 Å². The number of benzene rings is 1. The molecule has 0 radical (unpaired) electrons. The van der Waals surface area contributed by atoms with Crippen LogP contribution in [0.5, 0.6) is 0 Å². The molecule has 1 N–H and O–H groups in total. The molecule has 0 unspecified atom stereocenters. The van der Waals surface area contributed by atoms with Crippen LogP contribution in [-0.4, -0.2) is 42.1 Å². The first-order valence-corrected chi connectivity index (χ1v) is 16.1. The Labute approximate surface area is 245 Å². The largest absolute Gasteiger partial charge is 0.469 e. The maximum atomic E-state index is 12.7. The molecule has 41 heavy (non-hydrogen) atoms. The van der Waals surface area contributed by atoms with Crippen LogP contribution in [0.15, 0.2) is 30.3 Å². The molecule has 1 aromatic rings. The lowest BCUT2D eigenvalue weighted by Gasteiger charge is -2.62. The molecule has 6 nitrogen and oxygen atoms in total. The molecule has 0 amide bonds. The fourth-order valence-electron chi connectivity index (χ4n) is 10.1. The van der Waals surface area contributed by atoms with E-state index in [4.69, 9.17) is 9.47 Å². The van der Waals surface area contributed by atoms with Gasteiger partial charge in [0.15, 0.2) is 5.78 Å². The summed E-state index contributed by atoms with van der Waals surface area (Å²) in [4.78, 5) is 36.9. The van der Waals surface area contributed by atoms with Crippen molar-refractivity contribution in [3.05, 3.63) is 35.9 Å². The first kappa shape index (κ1) is 30.3. The van der Waals surface area contributed by atoms with Crippen LogP contribution < -0.4 is 0 Å². The average molecular weight is 567 g/mol. The minimum Gasteiger partial charge on any atom is -0.469 e. The number of methoxy groups -OCH3 is 1. The highest BCUT2D eigenvalue weighted by molar-refractivity contribution is 5.97. The van der Waals surface area contributed by atoms with Gasteiger partial charge in [0.25, 0.3) is 0 Å². The zero-order valence-corrected chi connectivity index (χ0v) is 25.5. The van der Waals surface area contributed by atoms with Crippen molar-refractivity contribution in [3.8, 4) is 0 Å². The number of rotatable bonds is 9. The highest BCUT2D eigenvalue weighted by Gasteiger charge is 2.63. The van der Waals surface area contributed by atoms with Gasteiger partial charge in [-0.2, -0.15) is 0 Å².